The molecule has 10 heteroatoms. The smallest absolute Gasteiger partial charge is 0.488 e. The lowest BCUT2D eigenvalue weighted by molar-refractivity contribution is 0.292. The van der Waals surface area contributed by atoms with Gasteiger partial charge in [-0.15, -0.1) is 0 Å². The molecule has 0 fully saturated rings. The number of aromatic nitrogens is 2. The van der Waals surface area contributed by atoms with Crippen molar-refractivity contribution in [1.29, 1.82) is 0 Å². The number of nitrogens with zero attached hydrogens (tertiary/aromatic N) is 1. The van der Waals surface area contributed by atoms with Crippen molar-refractivity contribution in [2.45, 2.75) is 13.5 Å². The summed E-state index contributed by atoms with van der Waals surface area (Å²) in [6, 6.07) is 8.82. The zero-order chi connectivity index (χ0) is 19.6. The van der Waals surface area contributed by atoms with Crippen LogP contribution in [0.5, 0.6) is 11.5 Å². The van der Waals surface area contributed by atoms with Crippen molar-refractivity contribution in [2.75, 3.05) is 0 Å². The molecule has 0 amide bonds. The average molecular weight is 398 g/mol. The highest BCUT2D eigenvalue weighted by molar-refractivity contribution is 7.81. The minimum atomic E-state index is -5.13. The van der Waals surface area contributed by atoms with Gasteiger partial charge in [0.2, 0.25) is 0 Å². The SMILES string of the molecule is Cc1cc(-c2cc(F)c(COc3ccc(OS(=O)(=O)F)cc3)c(F)c2)[nH]n1. The first-order chi connectivity index (χ1) is 12.7. The Morgan fingerprint density at radius 2 is 1.63 bits per heavy atom. The maximum Gasteiger partial charge on any atom is 0.488 e. The standard InChI is InChI=1S/C17H13F3N2O4S/c1-10-6-17(22-21-10)11-7-15(18)14(16(19)8-11)9-25-12-2-4-13(5-3-12)26-27(20,23)24/h2-8H,9H2,1H3,(H,21,22). The van der Waals surface area contributed by atoms with Gasteiger partial charge in [0.25, 0.3) is 0 Å². The number of H-pyrrole nitrogens is 1. The van der Waals surface area contributed by atoms with Crippen molar-refractivity contribution >= 4 is 10.5 Å². The van der Waals surface area contributed by atoms with E-state index >= 15 is 0 Å². The maximum atomic E-state index is 14.3. The zero-order valence-corrected chi connectivity index (χ0v) is 14.7. The van der Waals surface area contributed by atoms with Gasteiger partial charge in [-0.2, -0.15) is 13.5 Å². The van der Waals surface area contributed by atoms with Gasteiger partial charge in [-0.25, -0.2) is 8.78 Å². The average Bonchev–Trinajstić information content (AvgIpc) is 3.00. The second kappa shape index (κ2) is 7.31. The van der Waals surface area contributed by atoms with Crippen molar-refractivity contribution in [3.05, 3.63) is 65.4 Å². The molecule has 0 aliphatic rings. The quantitative estimate of drug-likeness (QED) is 0.638. The number of benzene rings is 2. The molecular formula is C17H13F3N2O4S. The second-order valence-electron chi connectivity index (χ2n) is 5.58. The van der Waals surface area contributed by atoms with E-state index in [0.29, 0.717) is 17.0 Å². The Balaban J connectivity index is 1.72. The molecule has 0 radical (unpaired) electrons. The summed E-state index contributed by atoms with van der Waals surface area (Å²) in [6.45, 7) is 1.34. The summed E-state index contributed by atoms with van der Waals surface area (Å²) in [5, 5.41) is 6.59. The Morgan fingerprint density at radius 3 is 2.15 bits per heavy atom. The highest BCUT2D eigenvalue weighted by atomic mass is 32.3. The third kappa shape index (κ3) is 4.79. The van der Waals surface area contributed by atoms with Crippen molar-refractivity contribution in [2.24, 2.45) is 0 Å². The normalized spacial score (nSPS) is 11.4. The first-order valence-electron chi connectivity index (χ1n) is 7.58. The third-order valence-electron chi connectivity index (χ3n) is 3.56. The summed E-state index contributed by atoms with van der Waals surface area (Å²) in [4.78, 5) is 0. The summed E-state index contributed by atoms with van der Waals surface area (Å²) >= 11 is 0. The fourth-order valence-electron chi connectivity index (χ4n) is 2.33. The topological polar surface area (TPSA) is 81.3 Å². The summed E-state index contributed by atoms with van der Waals surface area (Å²) in [5.41, 5.74) is 1.20. The van der Waals surface area contributed by atoms with E-state index in [2.05, 4.69) is 14.4 Å². The minimum absolute atomic E-state index is 0.186. The maximum absolute atomic E-state index is 14.3. The molecule has 3 aromatic rings. The van der Waals surface area contributed by atoms with E-state index < -0.39 is 28.7 Å². The molecule has 1 aromatic heterocycles. The van der Waals surface area contributed by atoms with E-state index in [9.17, 15) is 21.1 Å². The van der Waals surface area contributed by atoms with Gasteiger partial charge in [-0.3, -0.25) is 5.10 Å². The zero-order valence-electron chi connectivity index (χ0n) is 13.9. The molecule has 0 saturated carbocycles. The first-order valence-corrected chi connectivity index (χ1v) is 8.89. The third-order valence-corrected chi connectivity index (χ3v) is 3.95. The van der Waals surface area contributed by atoms with Crippen molar-refractivity contribution in [1.82, 2.24) is 10.2 Å². The summed E-state index contributed by atoms with van der Waals surface area (Å²) in [7, 11) is -5.13. The first kappa shape index (κ1) is 18.8. The molecule has 142 valence electrons. The summed E-state index contributed by atoms with van der Waals surface area (Å²) in [6.07, 6.45) is 0. The molecule has 6 nitrogen and oxygen atoms in total. The van der Waals surface area contributed by atoms with Gasteiger partial charge in [-0.05, 0) is 49.4 Å². The molecule has 0 spiro atoms. The molecule has 0 aliphatic carbocycles. The van der Waals surface area contributed by atoms with E-state index in [1.54, 1.807) is 13.0 Å². The van der Waals surface area contributed by atoms with E-state index in [1.807, 2.05) is 0 Å². The highest BCUT2D eigenvalue weighted by Crippen LogP contribution is 2.25. The van der Waals surface area contributed by atoms with E-state index in [-0.39, 0.29) is 17.1 Å². The lowest BCUT2D eigenvalue weighted by atomic mass is 10.1. The summed E-state index contributed by atoms with van der Waals surface area (Å²) in [5.74, 6) is -1.66. The number of rotatable bonds is 6. The number of nitrogens with one attached hydrogen (secondary N) is 1. The monoisotopic (exact) mass is 398 g/mol. The molecule has 1 N–H and O–H groups in total. The molecule has 2 aromatic carbocycles. The van der Waals surface area contributed by atoms with Gasteiger partial charge in [-0.1, -0.05) is 3.89 Å². The lowest BCUT2D eigenvalue weighted by Gasteiger charge is -2.10. The Labute approximate surface area is 153 Å². The minimum Gasteiger partial charge on any atom is -0.489 e. The molecule has 1 heterocycles. The number of ether oxygens (including phenoxy) is 1. The van der Waals surface area contributed by atoms with Crippen LogP contribution in [0.2, 0.25) is 0 Å². The second-order valence-corrected chi connectivity index (χ2v) is 6.53. The van der Waals surface area contributed by atoms with Gasteiger partial charge in [0, 0.05) is 5.56 Å². The number of aryl methyl sites for hydroxylation is 1. The Kier molecular flexibility index (Phi) is 5.08. The van der Waals surface area contributed by atoms with Crippen LogP contribution in [0.25, 0.3) is 11.3 Å². The van der Waals surface area contributed by atoms with Crippen molar-refractivity contribution < 1.29 is 30.0 Å². The van der Waals surface area contributed by atoms with E-state index in [1.165, 1.54) is 12.1 Å². The predicted octanol–water partition coefficient (Wildman–Crippen LogP) is 3.84. The largest absolute Gasteiger partial charge is 0.489 e. The van der Waals surface area contributed by atoms with Gasteiger partial charge in [0.05, 0.1) is 17.0 Å². The number of halogens is 3. The molecule has 0 saturated heterocycles. The highest BCUT2D eigenvalue weighted by Gasteiger charge is 2.14. The summed E-state index contributed by atoms with van der Waals surface area (Å²) < 4.78 is 71.1. The molecule has 0 atom stereocenters. The molecule has 0 bridgehead atoms. The fraction of sp³-hybridized carbons (Fsp3) is 0.118. The van der Waals surface area contributed by atoms with Crippen molar-refractivity contribution in [3.63, 3.8) is 0 Å². The van der Waals surface area contributed by atoms with Crippen LogP contribution in [0.4, 0.5) is 12.7 Å². The fourth-order valence-corrected chi connectivity index (χ4v) is 2.67. The van der Waals surface area contributed by atoms with Crippen LogP contribution in [0.15, 0.2) is 42.5 Å². The Morgan fingerprint density at radius 1 is 1.04 bits per heavy atom. The van der Waals surface area contributed by atoms with Gasteiger partial charge in [0.1, 0.15) is 29.7 Å². The number of hydrogen-bond acceptors (Lipinski definition) is 5. The van der Waals surface area contributed by atoms with Gasteiger partial charge in [0.15, 0.2) is 0 Å². The van der Waals surface area contributed by atoms with Crippen LogP contribution in [0.3, 0.4) is 0 Å². The van der Waals surface area contributed by atoms with Crippen LogP contribution in [-0.4, -0.2) is 18.6 Å². The number of hydrogen-bond donors (Lipinski definition) is 1. The molecule has 3 rings (SSSR count). The van der Waals surface area contributed by atoms with Crippen LogP contribution >= 0.6 is 0 Å². The molecule has 0 aliphatic heterocycles. The van der Waals surface area contributed by atoms with Gasteiger partial charge < -0.3 is 8.92 Å². The van der Waals surface area contributed by atoms with Gasteiger partial charge >= 0.3 is 10.5 Å². The molecular weight excluding hydrogens is 385 g/mol. The Bertz CT molecular complexity index is 1040. The van der Waals surface area contributed by atoms with Crippen molar-refractivity contribution in [3.8, 4) is 22.8 Å². The lowest BCUT2D eigenvalue weighted by Crippen LogP contribution is -2.03. The Hall–Kier alpha value is -3.01. The van der Waals surface area contributed by atoms with E-state index in [4.69, 9.17) is 4.74 Å². The molecule has 27 heavy (non-hydrogen) atoms. The van der Waals surface area contributed by atoms with Crippen LogP contribution in [0.1, 0.15) is 11.3 Å². The van der Waals surface area contributed by atoms with Crippen LogP contribution in [0, 0.1) is 18.6 Å². The number of aromatic amines is 1. The van der Waals surface area contributed by atoms with Crippen LogP contribution < -0.4 is 8.92 Å². The van der Waals surface area contributed by atoms with Crippen LogP contribution in [-0.2, 0) is 17.1 Å². The molecule has 0 unspecified atom stereocenters. The predicted molar refractivity (Wildman–Crippen MR) is 90.1 cm³/mol. The van der Waals surface area contributed by atoms with E-state index in [0.717, 1.165) is 24.3 Å².